The van der Waals surface area contributed by atoms with Crippen molar-refractivity contribution < 1.29 is 4.92 Å². The van der Waals surface area contributed by atoms with Crippen LogP contribution in [0.2, 0.25) is 5.02 Å². The minimum absolute atomic E-state index is 0.0116. The Bertz CT molecular complexity index is 696. The van der Waals surface area contributed by atoms with Gasteiger partial charge in [0.15, 0.2) is 0 Å². The van der Waals surface area contributed by atoms with Crippen molar-refractivity contribution in [3.05, 3.63) is 62.4 Å². The molecule has 1 atom stereocenters. The van der Waals surface area contributed by atoms with E-state index in [9.17, 15) is 10.1 Å². The molecule has 3 rings (SSSR count). The predicted octanol–water partition coefficient (Wildman–Crippen LogP) is 3.43. The van der Waals surface area contributed by atoms with Gasteiger partial charge in [0.05, 0.1) is 9.95 Å². The molecule has 1 heterocycles. The number of benzene rings is 1. The van der Waals surface area contributed by atoms with Crippen LogP contribution in [0.15, 0.2) is 30.6 Å². The van der Waals surface area contributed by atoms with Gasteiger partial charge in [0.25, 0.3) is 5.69 Å². The summed E-state index contributed by atoms with van der Waals surface area (Å²) >= 11 is 6.14. The van der Waals surface area contributed by atoms with Crippen LogP contribution in [0, 0.1) is 10.1 Å². The lowest BCUT2D eigenvalue weighted by Crippen LogP contribution is -2.15. The van der Waals surface area contributed by atoms with Crippen molar-refractivity contribution in [3.8, 4) is 0 Å². The van der Waals surface area contributed by atoms with Crippen LogP contribution >= 0.6 is 11.6 Å². The first kappa shape index (κ1) is 14.1. The number of nitro groups is 1. The highest BCUT2D eigenvalue weighted by Crippen LogP contribution is 2.30. The normalized spacial score (nSPS) is 17.5. The van der Waals surface area contributed by atoms with Gasteiger partial charge in [-0.3, -0.25) is 10.1 Å². The summed E-state index contributed by atoms with van der Waals surface area (Å²) in [6.45, 7) is 0.594. The van der Waals surface area contributed by atoms with E-state index < -0.39 is 4.92 Å². The summed E-state index contributed by atoms with van der Waals surface area (Å²) in [6, 6.07) is 4.70. The first-order chi connectivity index (χ1) is 10.0. The van der Waals surface area contributed by atoms with Crippen LogP contribution in [-0.4, -0.2) is 9.49 Å². The highest BCUT2D eigenvalue weighted by atomic mass is 35.5. The van der Waals surface area contributed by atoms with Crippen molar-refractivity contribution in [3.63, 3.8) is 0 Å². The molecule has 0 fully saturated rings. The molecule has 1 aromatic heterocycles. The van der Waals surface area contributed by atoms with E-state index in [2.05, 4.69) is 17.0 Å². The van der Waals surface area contributed by atoms with Gasteiger partial charge in [-0.25, -0.2) is 0 Å². The van der Waals surface area contributed by atoms with Crippen molar-refractivity contribution in [1.29, 1.82) is 0 Å². The number of nitrogens with two attached hydrogens (primary N) is 1. The molecule has 1 unspecified atom stereocenters. The van der Waals surface area contributed by atoms with E-state index in [1.165, 1.54) is 23.3 Å². The van der Waals surface area contributed by atoms with E-state index in [0.29, 0.717) is 11.6 Å². The zero-order chi connectivity index (χ0) is 15.0. The lowest BCUT2D eigenvalue weighted by Gasteiger charge is -2.17. The quantitative estimate of drug-likeness (QED) is 0.697. The molecular weight excluding hydrogens is 290 g/mol. The van der Waals surface area contributed by atoms with Gasteiger partial charge in [0.1, 0.15) is 0 Å². The second-order valence-electron chi connectivity index (χ2n) is 5.44. The zero-order valence-electron chi connectivity index (χ0n) is 11.5. The largest absolute Gasteiger partial charge is 0.349 e. The molecule has 0 spiro atoms. The first-order valence-corrected chi connectivity index (χ1v) is 7.29. The van der Waals surface area contributed by atoms with Crippen molar-refractivity contribution in [1.82, 2.24) is 4.57 Å². The van der Waals surface area contributed by atoms with Crippen molar-refractivity contribution in [2.24, 2.45) is 5.73 Å². The van der Waals surface area contributed by atoms with Crippen LogP contribution in [0.4, 0.5) is 5.69 Å². The van der Waals surface area contributed by atoms with Crippen LogP contribution in [0.3, 0.4) is 0 Å². The number of nitrogens with zero attached hydrogens (tertiary/aromatic N) is 2. The first-order valence-electron chi connectivity index (χ1n) is 6.91. The molecule has 110 valence electrons. The topological polar surface area (TPSA) is 74.1 Å². The molecule has 6 heteroatoms. The Morgan fingerprint density at radius 1 is 1.43 bits per heavy atom. The minimum Gasteiger partial charge on any atom is -0.349 e. The van der Waals surface area contributed by atoms with Crippen LogP contribution in [0.25, 0.3) is 0 Å². The number of fused-ring (bicyclic) bond motifs is 1. The third-order valence-electron chi connectivity index (χ3n) is 3.96. The predicted molar refractivity (Wildman–Crippen MR) is 81.5 cm³/mol. The van der Waals surface area contributed by atoms with Crippen LogP contribution in [0.5, 0.6) is 0 Å². The lowest BCUT2D eigenvalue weighted by atomic mass is 9.92. The average Bonchev–Trinajstić information content (AvgIpc) is 2.85. The summed E-state index contributed by atoms with van der Waals surface area (Å²) in [5.74, 6) is 0. The molecule has 1 aliphatic carbocycles. The van der Waals surface area contributed by atoms with Gasteiger partial charge < -0.3 is 10.3 Å². The van der Waals surface area contributed by atoms with E-state index in [-0.39, 0.29) is 11.7 Å². The second-order valence-corrected chi connectivity index (χ2v) is 5.85. The lowest BCUT2D eigenvalue weighted by molar-refractivity contribution is -0.384. The monoisotopic (exact) mass is 305 g/mol. The van der Waals surface area contributed by atoms with Crippen molar-refractivity contribution in [2.75, 3.05) is 0 Å². The van der Waals surface area contributed by atoms with Crippen molar-refractivity contribution in [2.45, 2.75) is 31.8 Å². The maximum Gasteiger partial charge on any atom is 0.270 e. The number of aromatic nitrogens is 1. The Labute approximate surface area is 127 Å². The molecule has 0 radical (unpaired) electrons. The number of nitro benzene ring substituents is 1. The summed E-state index contributed by atoms with van der Waals surface area (Å²) in [6.07, 6.45) is 7.37. The Morgan fingerprint density at radius 3 is 2.90 bits per heavy atom. The van der Waals surface area contributed by atoms with E-state index >= 15 is 0 Å². The van der Waals surface area contributed by atoms with E-state index in [0.717, 1.165) is 24.8 Å². The fraction of sp³-hybridized carbons (Fsp3) is 0.333. The van der Waals surface area contributed by atoms with Crippen LogP contribution in [0.1, 0.15) is 35.6 Å². The fourth-order valence-electron chi connectivity index (χ4n) is 2.85. The maximum atomic E-state index is 10.7. The standard InChI is InChI=1S/C15H16ClN3O2/c16-14-6-12(19(20)21)5-4-11(14)8-18-7-10-2-1-3-15(17)13(10)9-18/h4-7,9,15H,1-3,8,17H2. The summed E-state index contributed by atoms with van der Waals surface area (Å²) in [7, 11) is 0. The van der Waals surface area contributed by atoms with Gasteiger partial charge >= 0.3 is 0 Å². The molecular formula is C15H16ClN3O2. The number of hydrogen-bond donors (Lipinski definition) is 1. The van der Waals surface area contributed by atoms with Gasteiger partial charge in [-0.15, -0.1) is 0 Å². The Balaban J connectivity index is 1.85. The third-order valence-corrected chi connectivity index (χ3v) is 4.31. The molecule has 21 heavy (non-hydrogen) atoms. The highest BCUT2D eigenvalue weighted by molar-refractivity contribution is 6.31. The summed E-state index contributed by atoms with van der Waals surface area (Å²) in [5, 5.41) is 11.1. The Morgan fingerprint density at radius 2 is 2.24 bits per heavy atom. The molecule has 0 saturated carbocycles. The van der Waals surface area contributed by atoms with Crippen molar-refractivity contribution >= 4 is 17.3 Å². The van der Waals surface area contributed by atoms with Crippen LogP contribution < -0.4 is 5.73 Å². The molecule has 0 amide bonds. The van der Waals surface area contributed by atoms with Gasteiger partial charge in [-0.1, -0.05) is 11.6 Å². The van der Waals surface area contributed by atoms with Gasteiger partial charge in [0, 0.05) is 37.1 Å². The SMILES string of the molecule is NC1CCCc2cn(Cc3ccc([N+](=O)[O-])cc3Cl)cc21. The Hall–Kier alpha value is -1.85. The Kier molecular flexibility index (Phi) is 3.69. The molecule has 1 aromatic carbocycles. The van der Waals surface area contributed by atoms with E-state index in [4.69, 9.17) is 17.3 Å². The van der Waals surface area contributed by atoms with E-state index in [1.807, 2.05) is 0 Å². The molecule has 0 bridgehead atoms. The van der Waals surface area contributed by atoms with E-state index in [1.54, 1.807) is 6.07 Å². The number of rotatable bonds is 3. The fourth-order valence-corrected chi connectivity index (χ4v) is 3.08. The third kappa shape index (κ3) is 2.80. The summed E-state index contributed by atoms with van der Waals surface area (Å²) in [5.41, 5.74) is 9.50. The molecule has 5 nitrogen and oxygen atoms in total. The summed E-state index contributed by atoms with van der Waals surface area (Å²) < 4.78 is 2.06. The zero-order valence-corrected chi connectivity index (χ0v) is 12.2. The van der Waals surface area contributed by atoms with Crippen LogP contribution in [-0.2, 0) is 13.0 Å². The molecule has 0 saturated heterocycles. The van der Waals surface area contributed by atoms with Gasteiger partial charge in [0.2, 0.25) is 0 Å². The molecule has 2 aromatic rings. The second kappa shape index (κ2) is 5.50. The smallest absolute Gasteiger partial charge is 0.270 e. The minimum atomic E-state index is -0.441. The van der Waals surface area contributed by atoms with Gasteiger partial charge in [-0.2, -0.15) is 0 Å². The number of aryl methyl sites for hydroxylation is 1. The van der Waals surface area contributed by atoms with Gasteiger partial charge in [-0.05, 0) is 42.0 Å². The number of halogens is 1. The summed E-state index contributed by atoms with van der Waals surface area (Å²) in [4.78, 5) is 10.3. The molecule has 1 aliphatic rings. The number of hydrogen-bond acceptors (Lipinski definition) is 3. The number of non-ortho nitro benzene ring substituents is 1. The maximum absolute atomic E-state index is 10.7. The highest BCUT2D eigenvalue weighted by Gasteiger charge is 2.19. The average molecular weight is 306 g/mol. The molecule has 2 N–H and O–H groups in total. The molecule has 0 aliphatic heterocycles.